The van der Waals surface area contributed by atoms with Crippen LogP contribution in [0, 0.1) is 11.6 Å². The molecule has 0 saturated heterocycles. The van der Waals surface area contributed by atoms with Crippen LogP contribution in [-0.2, 0) is 26.3 Å². The lowest BCUT2D eigenvalue weighted by molar-refractivity contribution is -0.140. The number of amides is 1. The molecular weight excluding hydrogens is 536 g/mol. The van der Waals surface area contributed by atoms with Gasteiger partial charge in [-0.3, -0.25) is 19.2 Å². The molecule has 2 N–H and O–H groups in total. The number of ketones is 1. The van der Waals surface area contributed by atoms with Crippen molar-refractivity contribution in [2.75, 3.05) is 6.61 Å². The van der Waals surface area contributed by atoms with Gasteiger partial charge in [-0.05, 0) is 41.2 Å². The highest BCUT2D eigenvalue weighted by Gasteiger charge is 2.30. The van der Waals surface area contributed by atoms with Gasteiger partial charge in [0.1, 0.15) is 12.6 Å². The van der Waals surface area contributed by atoms with Crippen molar-refractivity contribution in [1.82, 2.24) is 15.1 Å². The van der Waals surface area contributed by atoms with Crippen LogP contribution in [0.15, 0.2) is 59.5 Å². The van der Waals surface area contributed by atoms with Crippen molar-refractivity contribution in [3.05, 3.63) is 93.4 Å². The number of rotatable bonds is 12. The minimum absolute atomic E-state index is 0.124. The summed E-state index contributed by atoms with van der Waals surface area (Å²) in [6, 6.07) is 10.5. The number of carboxylic acid groups (broad SMARTS) is 1. The highest BCUT2D eigenvalue weighted by atomic mass is 19.1. The number of aromatic nitrogens is 2. The van der Waals surface area contributed by atoms with Crippen LogP contribution >= 0.6 is 0 Å². The van der Waals surface area contributed by atoms with Gasteiger partial charge in [-0.2, -0.15) is 5.10 Å². The van der Waals surface area contributed by atoms with E-state index in [1.54, 1.807) is 6.92 Å². The third-order valence-electron chi connectivity index (χ3n) is 6.55. The molecule has 1 amide bonds. The molecule has 1 heterocycles. The summed E-state index contributed by atoms with van der Waals surface area (Å²) in [4.78, 5) is 50.9. The molecule has 1 unspecified atom stereocenters. The normalized spacial score (nSPS) is 12.8. The Kier molecular flexibility index (Phi) is 10.1. The minimum Gasteiger partial charge on any atom is -0.481 e. The standard InChI is InChI=1S/C30H33F2N3O6/c1-5-19(20-13-14-33-35(29(20)40)16-18-9-6-7-10-21(18)30(2,3)4)28(39)34-24(15-26(37)38)25(36)17-41-27-22(31)11-8-12-23(27)32/h6-14,19,24H,5,15-17H2,1-4H3,(H,34,39)(H,37,38)/t19?,24-/m0/s1. The predicted molar refractivity (Wildman–Crippen MR) is 147 cm³/mol. The van der Waals surface area contributed by atoms with Crippen molar-refractivity contribution in [2.45, 2.75) is 64.5 Å². The molecule has 1 aromatic heterocycles. The Bertz CT molecular complexity index is 1460. The largest absolute Gasteiger partial charge is 0.481 e. The van der Waals surface area contributed by atoms with E-state index in [-0.39, 0.29) is 23.9 Å². The number of carbonyl (C=O) groups is 3. The first-order chi connectivity index (χ1) is 19.3. The number of nitrogens with one attached hydrogen (secondary N) is 1. The Morgan fingerprint density at radius 3 is 2.32 bits per heavy atom. The van der Waals surface area contributed by atoms with Crippen molar-refractivity contribution in [3.63, 3.8) is 0 Å². The molecule has 218 valence electrons. The number of halogens is 2. The van der Waals surface area contributed by atoms with E-state index in [4.69, 9.17) is 4.74 Å². The number of Topliss-reactive ketones (excluding diaryl/α,β-unsaturated/α-hetero) is 1. The maximum absolute atomic E-state index is 13.9. The van der Waals surface area contributed by atoms with Gasteiger partial charge in [0.25, 0.3) is 5.56 Å². The molecule has 3 rings (SSSR count). The number of ether oxygens (including phenoxy) is 1. The summed E-state index contributed by atoms with van der Waals surface area (Å²) in [5.41, 5.74) is 1.37. The van der Waals surface area contributed by atoms with Crippen LogP contribution in [0.2, 0.25) is 0 Å². The lowest BCUT2D eigenvalue weighted by Crippen LogP contribution is -2.46. The van der Waals surface area contributed by atoms with E-state index in [0.29, 0.717) is 0 Å². The second-order valence-electron chi connectivity index (χ2n) is 10.6. The average Bonchev–Trinajstić information content (AvgIpc) is 2.90. The van der Waals surface area contributed by atoms with E-state index in [1.165, 1.54) is 16.9 Å². The van der Waals surface area contributed by atoms with Crippen LogP contribution in [0.3, 0.4) is 0 Å². The average molecular weight is 570 g/mol. The van der Waals surface area contributed by atoms with E-state index in [1.807, 2.05) is 24.3 Å². The Labute approximate surface area is 236 Å². The van der Waals surface area contributed by atoms with Gasteiger partial charge < -0.3 is 15.2 Å². The van der Waals surface area contributed by atoms with Gasteiger partial charge in [-0.15, -0.1) is 0 Å². The maximum atomic E-state index is 13.9. The van der Waals surface area contributed by atoms with E-state index < -0.39 is 65.6 Å². The van der Waals surface area contributed by atoms with Crippen LogP contribution in [0.4, 0.5) is 8.78 Å². The first kappa shape index (κ1) is 31.1. The lowest BCUT2D eigenvalue weighted by Gasteiger charge is -2.23. The minimum atomic E-state index is -1.56. The van der Waals surface area contributed by atoms with Gasteiger partial charge in [0.15, 0.2) is 23.2 Å². The molecule has 41 heavy (non-hydrogen) atoms. The van der Waals surface area contributed by atoms with Crippen molar-refractivity contribution in [1.29, 1.82) is 0 Å². The van der Waals surface area contributed by atoms with Crippen molar-refractivity contribution >= 4 is 17.7 Å². The number of hydrogen-bond acceptors (Lipinski definition) is 6. The molecule has 0 aliphatic rings. The van der Waals surface area contributed by atoms with Gasteiger partial charge in [0.05, 0.1) is 18.9 Å². The molecule has 0 radical (unpaired) electrons. The van der Waals surface area contributed by atoms with Gasteiger partial charge >= 0.3 is 5.97 Å². The van der Waals surface area contributed by atoms with Crippen LogP contribution in [0.5, 0.6) is 5.75 Å². The van der Waals surface area contributed by atoms with Crippen molar-refractivity contribution < 1.29 is 33.0 Å². The van der Waals surface area contributed by atoms with E-state index >= 15 is 0 Å². The third-order valence-corrected chi connectivity index (χ3v) is 6.55. The molecule has 2 aromatic carbocycles. The molecule has 3 aromatic rings. The molecule has 0 fully saturated rings. The fourth-order valence-corrected chi connectivity index (χ4v) is 4.50. The quantitative estimate of drug-likeness (QED) is 0.338. The van der Waals surface area contributed by atoms with Crippen LogP contribution in [0.25, 0.3) is 0 Å². The number of nitrogens with zero attached hydrogens (tertiary/aromatic N) is 2. The zero-order chi connectivity index (χ0) is 30.3. The number of carbonyl (C=O) groups excluding carboxylic acids is 2. The molecule has 0 aliphatic carbocycles. The molecule has 0 saturated carbocycles. The summed E-state index contributed by atoms with van der Waals surface area (Å²) in [5.74, 6) is -6.96. The zero-order valence-electron chi connectivity index (χ0n) is 23.3. The highest BCUT2D eigenvalue weighted by molar-refractivity contribution is 5.94. The summed E-state index contributed by atoms with van der Waals surface area (Å²) < 4.78 is 34.0. The van der Waals surface area contributed by atoms with E-state index in [2.05, 4.69) is 31.2 Å². The maximum Gasteiger partial charge on any atom is 0.305 e. The fourth-order valence-electron chi connectivity index (χ4n) is 4.50. The van der Waals surface area contributed by atoms with Crippen LogP contribution in [0.1, 0.15) is 63.1 Å². The topological polar surface area (TPSA) is 128 Å². The first-order valence-corrected chi connectivity index (χ1v) is 13.1. The van der Waals surface area contributed by atoms with Gasteiger partial charge in [-0.25, -0.2) is 13.5 Å². The monoisotopic (exact) mass is 569 g/mol. The van der Waals surface area contributed by atoms with Crippen LogP contribution < -0.4 is 15.6 Å². The summed E-state index contributed by atoms with van der Waals surface area (Å²) in [7, 11) is 0. The zero-order valence-corrected chi connectivity index (χ0v) is 23.3. The second kappa shape index (κ2) is 13.3. The Balaban J connectivity index is 1.82. The lowest BCUT2D eigenvalue weighted by atomic mass is 9.84. The molecule has 2 atom stereocenters. The summed E-state index contributed by atoms with van der Waals surface area (Å²) in [6.07, 6.45) is 0.770. The van der Waals surface area contributed by atoms with Gasteiger partial charge in [0.2, 0.25) is 5.91 Å². The summed E-state index contributed by atoms with van der Waals surface area (Å²) in [5, 5.41) is 15.9. The summed E-state index contributed by atoms with van der Waals surface area (Å²) >= 11 is 0. The van der Waals surface area contributed by atoms with E-state index in [0.717, 1.165) is 29.3 Å². The predicted octanol–water partition coefficient (Wildman–Crippen LogP) is 3.97. The Hall–Kier alpha value is -4.41. The highest BCUT2D eigenvalue weighted by Crippen LogP contribution is 2.26. The smallest absolute Gasteiger partial charge is 0.305 e. The second-order valence-corrected chi connectivity index (χ2v) is 10.6. The van der Waals surface area contributed by atoms with E-state index in [9.17, 15) is 33.1 Å². The first-order valence-electron chi connectivity index (χ1n) is 13.1. The third kappa shape index (κ3) is 7.84. The molecule has 0 spiro atoms. The number of aliphatic carboxylic acids is 1. The van der Waals surface area contributed by atoms with Crippen molar-refractivity contribution in [3.8, 4) is 5.75 Å². The molecule has 11 heteroatoms. The SMILES string of the molecule is CCC(C(=O)N[C@@H](CC(=O)O)C(=O)COc1c(F)cccc1F)c1ccnn(Cc2ccccc2C(C)(C)C)c1=O. The van der Waals surface area contributed by atoms with Gasteiger partial charge in [-0.1, -0.05) is 58.0 Å². The number of benzene rings is 2. The number of para-hydroxylation sites is 1. The number of hydrogen-bond donors (Lipinski definition) is 2. The Morgan fingerprint density at radius 1 is 1.05 bits per heavy atom. The van der Waals surface area contributed by atoms with Gasteiger partial charge in [0, 0.05) is 11.8 Å². The fraction of sp³-hybridized carbons (Fsp3) is 0.367. The summed E-state index contributed by atoms with van der Waals surface area (Å²) in [6.45, 7) is 7.12. The van der Waals surface area contributed by atoms with Crippen molar-refractivity contribution in [2.24, 2.45) is 0 Å². The molecule has 0 aliphatic heterocycles. The molecular formula is C30H33F2N3O6. The Morgan fingerprint density at radius 2 is 1.71 bits per heavy atom. The number of carboxylic acids is 1. The molecule has 0 bridgehead atoms. The van der Waals surface area contributed by atoms with Crippen LogP contribution in [-0.4, -0.2) is 45.2 Å². The molecule has 9 nitrogen and oxygen atoms in total.